The number of ether oxygens (including phenoxy) is 1. The zero-order chi connectivity index (χ0) is 21.3. The van der Waals surface area contributed by atoms with Gasteiger partial charge in [-0.05, 0) is 64.2 Å². The molecule has 2 aromatic rings. The van der Waals surface area contributed by atoms with Gasteiger partial charge in [-0.2, -0.15) is 0 Å². The van der Waals surface area contributed by atoms with Crippen molar-refractivity contribution in [2.45, 2.75) is 65.0 Å². The van der Waals surface area contributed by atoms with Crippen LogP contribution in [0, 0.1) is 0 Å². The third kappa shape index (κ3) is 9.23. The number of nitrogens with zero attached hydrogens (tertiary/aromatic N) is 3. The van der Waals surface area contributed by atoms with Crippen LogP contribution in [0.5, 0.6) is 5.75 Å². The second-order valence-corrected chi connectivity index (χ2v) is 7.97. The van der Waals surface area contributed by atoms with E-state index in [0.717, 1.165) is 24.1 Å². The van der Waals surface area contributed by atoms with E-state index in [1.165, 1.54) is 4.68 Å². The lowest BCUT2D eigenvalue weighted by molar-refractivity contribution is -0.154. The maximum Gasteiger partial charge on any atom is 0.306 e. The number of hydrogen-bond acceptors (Lipinski definition) is 6. The molecule has 1 aromatic heterocycles. The molecule has 0 spiro atoms. The van der Waals surface area contributed by atoms with Crippen molar-refractivity contribution >= 4 is 11.9 Å². The second kappa shape index (κ2) is 10.6. The Kier molecular flexibility index (Phi) is 8.18. The van der Waals surface area contributed by atoms with E-state index in [1.54, 1.807) is 18.3 Å². The fraction of sp³-hybridized carbons (Fsp3) is 0.524. The van der Waals surface area contributed by atoms with Gasteiger partial charge < -0.3 is 15.2 Å². The largest absolute Gasteiger partial charge is 0.508 e. The molecular weight excluding hydrogens is 372 g/mol. The Labute approximate surface area is 171 Å². The van der Waals surface area contributed by atoms with E-state index >= 15 is 0 Å². The Balaban J connectivity index is 1.63. The Bertz CT molecular complexity index is 794. The average molecular weight is 402 g/mol. The molecule has 1 amide bonds. The van der Waals surface area contributed by atoms with E-state index in [4.69, 9.17) is 4.74 Å². The number of phenols is 1. The molecule has 0 aliphatic heterocycles. The third-order valence-electron chi connectivity index (χ3n) is 4.05. The number of hydrogen-bond donors (Lipinski definition) is 2. The van der Waals surface area contributed by atoms with Crippen molar-refractivity contribution in [3.63, 3.8) is 0 Å². The van der Waals surface area contributed by atoms with Crippen molar-refractivity contribution in [2.75, 3.05) is 6.54 Å². The van der Waals surface area contributed by atoms with Crippen LogP contribution in [-0.2, 0) is 33.7 Å². The highest BCUT2D eigenvalue weighted by Crippen LogP contribution is 2.11. The maximum absolute atomic E-state index is 12.0. The molecule has 0 bridgehead atoms. The summed E-state index contributed by atoms with van der Waals surface area (Å²) in [7, 11) is 0. The SMILES string of the molecule is CC(C)(C)OC(=O)CCCCc1cn(CC(=O)NCCc2ccc(O)cc2)nn1. The lowest BCUT2D eigenvalue weighted by atomic mass is 10.1. The zero-order valence-electron chi connectivity index (χ0n) is 17.4. The van der Waals surface area contributed by atoms with Crippen LogP contribution >= 0.6 is 0 Å². The number of aryl methyl sites for hydroxylation is 1. The molecule has 0 atom stereocenters. The van der Waals surface area contributed by atoms with Crippen LogP contribution in [0.2, 0.25) is 0 Å². The molecule has 2 rings (SSSR count). The molecule has 0 aliphatic carbocycles. The second-order valence-electron chi connectivity index (χ2n) is 7.97. The first-order chi connectivity index (χ1) is 13.7. The topological polar surface area (TPSA) is 106 Å². The molecular formula is C21H30N4O4. The number of amides is 1. The number of carbonyl (C=O) groups excluding carboxylic acids is 2. The fourth-order valence-corrected chi connectivity index (χ4v) is 2.71. The molecule has 8 nitrogen and oxygen atoms in total. The van der Waals surface area contributed by atoms with Crippen LogP contribution in [0.15, 0.2) is 30.5 Å². The molecule has 2 N–H and O–H groups in total. The predicted molar refractivity (Wildman–Crippen MR) is 108 cm³/mol. The van der Waals surface area contributed by atoms with Gasteiger partial charge in [0.15, 0.2) is 0 Å². The number of aromatic hydroxyl groups is 1. The summed E-state index contributed by atoms with van der Waals surface area (Å²) < 4.78 is 6.79. The molecule has 158 valence electrons. The number of nitrogens with one attached hydrogen (secondary N) is 1. The van der Waals surface area contributed by atoms with Crippen molar-refractivity contribution in [3.05, 3.63) is 41.7 Å². The molecule has 29 heavy (non-hydrogen) atoms. The van der Waals surface area contributed by atoms with Crippen LogP contribution in [0.4, 0.5) is 0 Å². The first-order valence-electron chi connectivity index (χ1n) is 9.87. The first kappa shape index (κ1) is 22.4. The monoisotopic (exact) mass is 402 g/mol. The Morgan fingerprint density at radius 3 is 2.55 bits per heavy atom. The third-order valence-corrected chi connectivity index (χ3v) is 4.05. The van der Waals surface area contributed by atoms with Crippen molar-refractivity contribution in [3.8, 4) is 5.75 Å². The molecule has 0 unspecified atom stereocenters. The van der Waals surface area contributed by atoms with Crippen LogP contribution in [0.3, 0.4) is 0 Å². The quantitative estimate of drug-likeness (QED) is 0.467. The normalized spacial score (nSPS) is 11.3. The molecule has 0 saturated carbocycles. The first-order valence-corrected chi connectivity index (χ1v) is 9.87. The number of benzene rings is 1. The number of carbonyl (C=O) groups is 2. The highest BCUT2D eigenvalue weighted by molar-refractivity contribution is 5.75. The van der Waals surface area contributed by atoms with E-state index in [2.05, 4.69) is 15.6 Å². The number of rotatable bonds is 10. The predicted octanol–water partition coefficient (Wildman–Crippen LogP) is 2.40. The van der Waals surface area contributed by atoms with Crippen molar-refractivity contribution in [2.24, 2.45) is 0 Å². The summed E-state index contributed by atoms with van der Waals surface area (Å²) in [6.07, 6.45) is 5.05. The average Bonchev–Trinajstić information content (AvgIpc) is 3.06. The fourth-order valence-electron chi connectivity index (χ4n) is 2.71. The lowest BCUT2D eigenvalue weighted by Gasteiger charge is -2.19. The molecule has 1 aromatic carbocycles. The highest BCUT2D eigenvalue weighted by atomic mass is 16.6. The van der Waals surface area contributed by atoms with Crippen LogP contribution < -0.4 is 5.32 Å². The Morgan fingerprint density at radius 1 is 1.14 bits per heavy atom. The van der Waals surface area contributed by atoms with E-state index < -0.39 is 5.60 Å². The minimum atomic E-state index is -0.454. The van der Waals surface area contributed by atoms with Gasteiger partial charge in [-0.3, -0.25) is 9.59 Å². The summed E-state index contributed by atoms with van der Waals surface area (Å²) in [4.78, 5) is 23.7. The van der Waals surface area contributed by atoms with Crippen LogP contribution in [0.1, 0.15) is 51.3 Å². The van der Waals surface area contributed by atoms with E-state index in [9.17, 15) is 14.7 Å². The molecule has 1 heterocycles. The molecule has 0 fully saturated rings. The van der Waals surface area contributed by atoms with Crippen LogP contribution in [0.25, 0.3) is 0 Å². The summed E-state index contributed by atoms with van der Waals surface area (Å²) in [6, 6.07) is 6.91. The molecule has 0 radical (unpaired) electrons. The molecule has 0 aliphatic rings. The minimum Gasteiger partial charge on any atom is -0.508 e. The van der Waals surface area contributed by atoms with Gasteiger partial charge in [0, 0.05) is 19.2 Å². The standard InChI is InChI=1S/C21H30N4O4/c1-21(2,3)29-20(28)7-5-4-6-17-14-25(24-23-17)15-19(27)22-13-12-16-8-10-18(26)11-9-16/h8-11,14,26H,4-7,12-13,15H2,1-3H3,(H,22,27). The van der Waals surface area contributed by atoms with Crippen molar-refractivity contribution in [1.82, 2.24) is 20.3 Å². The summed E-state index contributed by atoms with van der Waals surface area (Å²) in [5.41, 5.74) is 1.38. The number of unbranched alkanes of at least 4 members (excludes halogenated alkanes) is 1. The highest BCUT2D eigenvalue weighted by Gasteiger charge is 2.15. The summed E-state index contributed by atoms with van der Waals surface area (Å²) in [5, 5.41) is 20.2. The Hall–Kier alpha value is -2.90. The van der Waals surface area contributed by atoms with Gasteiger partial charge in [-0.1, -0.05) is 17.3 Å². The Morgan fingerprint density at radius 2 is 1.86 bits per heavy atom. The zero-order valence-corrected chi connectivity index (χ0v) is 17.4. The minimum absolute atomic E-state index is 0.112. The van der Waals surface area contributed by atoms with Gasteiger partial charge in [0.2, 0.25) is 5.91 Å². The van der Waals surface area contributed by atoms with E-state index in [1.807, 2.05) is 32.9 Å². The van der Waals surface area contributed by atoms with Gasteiger partial charge in [0.1, 0.15) is 17.9 Å². The number of phenolic OH excluding ortho intramolecular Hbond substituents is 1. The van der Waals surface area contributed by atoms with E-state index in [-0.39, 0.29) is 24.2 Å². The maximum atomic E-state index is 12.0. The van der Waals surface area contributed by atoms with Crippen molar-refractivity contribution < 1.29 is 19.4 Å². The summed E-state index contributed by atoms with van der Waals surface area (Å²) in [5.74, 6) is -0.0973. The summed E-state index contributed by atoms with van der Waals surface area (Å²) in [6.45, 7) is 6.18. The molecule has 0 saturated heterocycles. The molecule has 8 heteroatoms. The summed E-state index contributed by atoms with van der Waals surface area (Å²) >= 11 is 0. The van der Waals surface area contributed by atoms with Crippen LogP contribution in [-0.4, -0.2) is 44.1 Å². The number of esters is 1. The van der Waals surface area contributed by atoms with Gasteiger partial charge in [-0.15, -0.1) is 5.10 Å². The lowest BCUT2D eigenvalue weighted by Crippen LogP contribution is -2.29. The van der Waals surface area contributed by atoms with Gasteiger partial charge in [-0.25, -0.2) is 4.68 Å². The van der Waals surface area contributed by atoms with Gasteiger partial charge >= 0.3 is 5.97 Å². The van der Waals surface area contributed by atoms with Gasteiger partial charge in [0.25, 0.3) is 0 Å². The van der Waals surface area contributed by atoms with E-state index in [0.29, 0.717) is 25.8 Å². The number of aromatic nitrogens is 3. The van der Waals surface area contributed by atoms with Gasteiger partial charge in [0.05, 0.1) is 5.69 Å². The van der Waals surface area contributed by atoms with Crippen molar-refractivity contribution in [1.29, 1.82) is 0 Å². The smallest absolute Gasteiger partial charge is 0.306 e.